The Balaban J connectivity index is 2.08. The van der Waals surface area contributed by atoms with Crippen LogP contribution in [-0.4, -0.2) is 29.7 Å². The minimum atomic E-state index is -3.95. The summed E-state index contributed by atoms with van der Waals surface area (Å²) in [5.41, 5.74) is 1.47. The van der Waals surface area contributed by atoms with Crippen LogP contribution < -0.4 is 4.72 Å². The fraction of sp³-hybridized carbons (Fsp3) is 0.400. The van der Waals surface area contributed by atoms with E-state index in [2.05, 4.69) is 9.82 Å². The number of sulfonamides is 1. The van der Waals surface area contributed by atoms with Crippen molar-refractivity contribution in [3.63, 3.8) is 0 Å². The summed E-state index contributed by atoms with van der Waals surface area (Å²) in [6.07, 6.45) is 0. The molecule has 0 saturated heterocycles. The Morgan fingerprint density at radius 1 is 1.33 bits per heavy atom. The van der Waals surface area contributed by atoms with Crippen LogP contribution in [0.5, 0.6) is 0 Å². The van der Waals surface area contributed by atoms with Crippen LogP contribution in [0.15, 0.2) is 35.2 Å². The number of rotatable bonds is 7. The number of para-hydroxylation sites is 1. The van der Waals surface area contributed by atoms with Crippen molar-refractivity contribution in [1.29, 1.82) is 0 Å². The van der Waals surface area contributed by atoms with Crippen molar-refractivity contribution in [2.24, 2.45) is 5.92 Å². The molecule has 8 nitrogen and oxygen atoms in total. The molecule has 1 atom stereocenters. The van der Waals surface area contributed by atoms with Gasteiger partial charge in [-0.2, -0.15) is 5.10 Å². The highest BCUT2D eigenvalue weighted by Crippen LogP contribution is 2.22. The van der Waals surface area contributed by atoms with Crippen LogP contribution >= 0.6 is 0 Å². The van der Waals surface area contributed by atoms with Crippen molar-refractivity contribution < 1.29 is 13.3 Å². The number of hydrogen-bond donors (Lipinski definition) is 1. The molecule has 0 aliphatic carbocycles. The summed E-state index contributed by atoms with van der Waals surface area (Å²) < 4.78 is 29.0. The van der Waals surface area contributed by atoms with Crippen molar-refractivity contribution in [2.45, 2.75) is 32.2 Å². The molecule has 2 rings (SSSR count). The summed E-state index contributed by atoms with van der Waals surface area (Å²) in [7, 11) is -3.95. The minimum Gasteiger partial charge on any atom is -0.269 e. The van der Waals surface area contributed by atoms with E-state index >= 15 is 0 Å². The van der Waals surface area contributed by atoms with Gasteiger partial charge < -0.3 is 0 Å². The number of nitro groups is 1. The summed E-state index contributed by atoms with van der Waals surface area (Å²) in [5.74, 6) is -0.0273. The molecular formula is C15H20N4O4S. The third-order valence-corrected chi connectivity index (χ3v) is 5.03. The molecule has 0 amide bonds. The first-order chi connectivity index (χ1) is 11.2. The van der Waals surface area contributed by atoms with E-state index in [0.29, 0.717) is 6.54 Å². The molecule has 0 radical (unpaired) electrons. The van der Waals surface area contributed by atoms with Gasteiger partial charge in [-0.05, 0) is 31.9 Å². The highest BCUT2D eigenvalue weighted by atomic mass is 32.2. The summed E-state index contributed by atoms with van der Waals surface area (Å²) in [6.45, 7) is 6.43. The van der Waals surface area contributed by atoms with E-state index in [1.807, 2.05) is 31.5 Å². The Morgan fingerprint density at radius 2 is 2.00 bits per heavy atom. The van der Waals surface area contributed by atoms with Gasteiger partial charge in [-0.3, -0.25) is 14.8 Å². The lowest BCUT2D eigenvalue weighted by molar-refractivity contribution is -0.387. The third kappa shape index (κ3) is 4.18. The molecule has 2 aromatic rings. The van der Waals surface area contributed by atoms with Gasteiger partial charge in [0.2, 0.25) is 10.0 Å². The van der Waals surface area contributed by atoms with Gasteiger partial charge in [0, 0.05) is 24.8 Å². The van der Waals surface area contributed by atoms with Crippen molar-refractivity contribution in [3.8, 4) is 0 Å². The minimum absolute atomic E-state index is 0.0273. The maximum atomic E-state index is 12.3. The van der Waals surface area contributed by atoms with Gasteiger partial charge in [-0.25, -0.2) is 13.1 Å². The maximum absolute atomic E-state index is 12.3. The molecule has 24 heavy (non-hydrogen) atoms. The molecule has 0 fully saturated rings. The van der Waals surface area contributed by atoms with Gasteiger partial charge in [0.15, 0.2) is 4.90 Å². The monoisotopic (exact) mass is 352 g/mol. The first kappa shape index (κ1) is 18.1. The molecular weight excluding hydrogens is 332 g/mol. The van der Waals surface area contributed by atoms with Gasteiger partial charge in [0.05, 0.1) is 10.6 Å². The van der Waals surface area contributed by atoms with Gasteiger partial charge in [-0.15, -0.1) is 0 Å². The van der Waals surface area contributed by atoms with Crippen molar-refractivity contribution in [3.05, 3.63) is 51.8 Å². The Hall–Kier alpha value is -2.26. The van der Waals surface area contributed by atoms with E-state index in [4.69, 9.17) is 0 Å². The smallest absolute Gasteiger partial charge is 0.269 e. The highest BCUT2D eigenvalue weighted by Gasteiger charge is 2.25. The topological polar surface area (TPSA) is 107 Å². The molecule has 1 aromatic carbocycles. The Morgan fingerprint density at radius 3 is 2.58 bits per heavy atom. The highest BCUT2D eigenvalue weighted by molar-refractivity contribution is 7.89. The number of benzene rings is 1. The lowest BCUT2D eigenvalue weighted by Gasteiger charge is -2.14. The standard InChI is InChI=1S/C15H20N4O4S/c1-11(10-18-13(3)8-12(2)17-18)9-16-24(22,23)15-7-5-4-6-14(15)19(20)21/h4-8,11,16H,9-10H2,1-3H3/t11-/m1/s1. The average Bonchev–Trinajstić information content (AvgIpc) is 2.83. The molecule has 1 N–H and O–H groups in total. The van der Waals surface area contributed by atoms with Crippen molar-refractivity contribution in [2.75, 3.05) is 6.54 Å². The molecule has 0 aliphatic rings. The third-order valence-electron chi connectivity index (χ3n) is 3.56. The van der Waals surface area contributed by atoms with Crippen LogP contribution in [0, 0.1) is 29.9 Å². The predicted octanol–water partition coefficient (Wildman–Crippen LogP) is 2.02. The first-order valence-corrected chi connectivity index (χ1v) is 8.93. The largest absolute Gasteiger partial charge is 0.289 e. The van der Waals surface area contributed by atoms with E-state index in [0.717, 1.165) is 11.4 Å². The van der Waals surface area contributed by atoms with E-state index in [1.54, 1.807) is 0 Å². The molecule has 0 aliphatic heterocycles. The summed E-state index contributed by atoms with van der Waals surface area (Å²) in [6, 6.07) is 7.24. The molecule has 0 unspecified atom stereocenters. The molecule has 0 spiro atoms. The normalized spacial score (nSPS) is 13.0. The van der Waals surface area contributed by atoms with Crippen LogP contribution in [0.2, 0.25) is 0 Å². The molecule has 9 heteroatoms. The zero-order valence-electron chi connectivity index (χ0n) is 13.8. The zero-order chi connectivity index (χ0) is 17.9. The van der Waals surface area contributed by atoms with E-state index in [-0.39, 0.29) is 17.4 Å². The Kier molecular flexibility index (Phi) is 5.35. The summed E-state index contributed by atoms with van der Waals surface area (Å²) in [5, 5.41) is 15.3. The molecule has 1 aromatic heterocycles. The zero-order valence-corrected chi connectivity index (χ0v) is 14.6. The van der Waals surface area contributed by atoms with Gasteiger partial charge in [0.25, 0.3) is 5.69 Å². The second kappa shape index (κ2) is 7.10. The molecule has 0 bridgehead atoms. The van der Waals surface area contributed by atoms with Crippen LogP contribution in [0.3, 0.4) is 0 Å². The molecule has 0 saturated carbocycles. The summed E-state index contributed by atoms with van der Waals surface area (Å²) in [4.78, 5) is 9.96. The second-order valence-electron chi connectivity index (χ2n) is 5.79. The Bertz CT molecular complexity index is 845. The molecule has 1 heterocycles. The predicted molar refractivity (Wildman–Crippen MR) is 89.1 cm³/mol. The Labute approximate surface area is 140 Å². The van der Waals surface area contributed by atoms with Crippen LogP contribution in [-0.2, 0) is 16.6 Å². The van der Waals surface area contributed by atoms with Gasteiger partial charge >= 0.3 is 0 Å². The number of aromatic nitrogens is 2. The number of hydrogen-bond acceptors (Lipinski definition) is 5. The number of nitro benzene ring substituents is 1. The lowest BCUT2D eigenvalue weighted by atomic mass is 10.2. The van der Waals surface area contributed by atoms with E-state index in [1.165, 1.54) is 24.3 Å². The molecule has 130 valence electrons. The van der Waals surface area contributed by atoms with Gasteiger partial charge in [-0.1, -0.05) is 19.1 Å². The van der Waals surface area contributed by atoms with E-state index < -0.39 is 20.6 Å². The average molecular weight is 352 g/mol. The second-order valence-corrected chi connectivity index (χ2v) is 7.53. The fourth-order valence-corrected chi connectivity index (χ4v) is 3.72. The van der Waals surface area contributed by atoms with Gasteiger partial charge in [0.1, 0.15) is 0 Å². The summed E-state index contributed by atoms with van der Waals surface area (Å²) >= 11 is 0. The van der Waals surface area contributed by atoms with E-state index in [9.17, 15) is 18.5 Å². The van der Waals surface area contributed by atoms with Crippen LogP contribution in [0.4, 0.5) is 5.69 Å². The number of nitrogens with one attached hydrogen (secondary N) is 1. The number of nitrogens with zero attached hydrogens (tertiary/aromatic N) is 3. The van der Waals surface area contributed by atoms with Crippen molar-refractivity contribution >= 4 is 15.7 Å². The SMILES string of the molecule is Cc1cc(C)n(C[C@H](C)CNS(=O)(=O)c2ccccc2[N+](=O)[O-])n1. The quantitative estimate of drug-likeness (QED) is 0.606. The lowest BCUT2D eigenvalue weighted by Crippen LogP contribution is -2.30. The fourth-order valence-electron chi connectivity index (χ4n) is 2.38. The van der Waals surface area contributed by atoms with Crippen LogP contribution in [0.1, 0.15) is 18.3 Å². The van der Waals surface area contributed by atoms with Crippen molar-refractivity contribution in [1.82, 2.24) is 14.5 Å². The maximum Gasteiger partial charge on any atom is 0.289 e. The number of aryl methyl sites for hydroxylation is 2. The van der Waals surface area contributed by atoms with Crippen LogP contribution in [0.25, 0.3) is 0 Å². The first-order valence-electron chi connectivity index (χ1n) is 7.45.